The van der Waals surface area contributed by atoms with Crippen LogP contribution < -0.4 is 5.32 Å². The standard InChI is InChI=1S/C8H11N3O2/c1-8(2,13)6-3-10-7(4-9-6)11-5-12/h3-5,13H,1-2H3,(H,10,11,12). The molecule has 70 valence electrons. The molecule has 0 aliphatic heterocycles. The molecule has 0 saturated carbocycles. The average Bonchev–Trinajstić information content (AvgIpc) is 2.04. The number of anilines is 1. The van der Waals surface area contributed by atoms with Gasteiger partial charge >= 0.3 is 0 Å². The van der Waals surface area contributed by atoms with E-state index in [2.05, 4.69) is 15.3 Å². The monoisotopic (exact) mass is 181 g/mol. The second-order valence-corrected chi connectivity index (χ2v) is 3.11. The lowest BCUT2D eigenvalue weighted by Crippen LogP contribution is -2.17. The van der Waals surface area contributed by atoms with Gasteiger partial charge in [0.1, 0.15) is 5.60 Å². The van der Waals surface area contributed by atoms with E-state index in [0.717, 1.165) is 0 Å². The van der Waals surface area contributed by atoms with Crippen molar-refractivity contribution in [3.05, 3.63) is 18.1 Å². The predicted molar refractivity (Wildman–Crippen MR) is 47.0 cm³/mol. The third-order valence-corrected chi connectivity index (χ3v) is 1.49. The fourth-order valence-electron chi connectivity index (χ4n) is 0.779. The summed E-state index contributed by atoms with van der Waals surface area (Å²) < 4.78 is 0. The van der Waals surface area contributed by atoms with E-state index in [1.165, 1.54) is 12.4 Å². The Kier molecular flexibility index (Phi) is 2.57. The summed E-state index contributed by atoms with van der Waals surface area (Å²) in [6, 6.07) is 0. The van der Waals surface area contributed by atoms with Crippen LogP contribution in [0, 0.1) is 0 Å². The number of nitrogens with one attached hydrogen (secondary N) is 1. The van der Waals surface area contributed by atoms with E-state index < -0.39 is 5.60 Å². The fraction of sp³-hybridized carbons (Fsp3) is 0.375. The van der Waals surface area contributed by atoms with Crippen LogP contribution in [0.2, 0.25) is 0 Å². The van der Waals surface area contributed by atoms with Gasteiger partial charge < -0.3 is 10.4 Å². The summed E-state index contributed by atoms with van der Waals surface area (Å²) in [6.07, 6.45) is 3.33. The lowest BCUT2D eigenvalue weighted by molar-refractivity contribution is -0.105. The summed E-state index contributed by atoms with van der Waals surface area (Å²) in [5.41, 5.74) is -0.545. The number of nitrogens with zero attached hydrogens (tertiary/aromatic N) is 2. The van der Waals surface area contributed by atoms with Gasteiger partial charge in [-0.2, -0.15) is 0 Å². The van der Waals surface area contributed by atoms with Gasteiger partial charge in [-0.25, -0.2) is 4.98 Å². The lowest BCUT2D eigenvalue weighted by Gasteiger charge is -2.15. The zero-order valence-corrected chi connectivity index (χ0v) is 7.48. The minimum Gasteiger partial charge on any atom is -0.384 e. The molecule has 5 heteroatoms. The Morgan fingerprint density at radius 2 is 2.15 bits per heavy atom. The summed E-state index contributed by atoms with van der Waals surface area (Å²) in [5, 5.41) is 11.9. The van der Waals surface area contributed by atoms with Crippen molar-refractivity contribution in [1.82, 2.24) is 9.97 Å². The van der Waals surface area contributed by atoms with Crippen LogP contribution in [0.15, 0.2) is 12.4 Å². The molecular weight excluding hydrogens is 170 g/mol. The Bertz CT molecular complexity index is 289. The molecule has 13 heavy (non-hydrogen) atoms. The van der Waals surface area contributed by atoms with Gasteiger partial charge in [-0.1, -0.05) is 0 Å². The molecule has 0 saturated heterocycles. The Hall–Kier alpha value is -1.49. The molecule has 1 heterocycles. The summed E-state index contributed by atoms with van der Waals surface area (Å²) in [7, 11) is 0. The number of rotatable bonds is 3. The Balaban J connectivity index is 2.87. The normalized spacial score (nSPS) is 11.0. The van der Waals surface area contributed by atoms with Gasteiger partial charge in [0.05, 0.1) is 18.1 Å². The number of hydrogen-bond acceptors (Lipinski definition) is 4. The third-order valence-electron chi connectivity index (χ3n) is 1.49. The average molecular weight is 181 g/mol. The molecule has 0 fully saturated rings. The number of aliphatic hydroxyl groups is 1. The van der Waals surface area contributed by atoms with Crippen molar-refractivity contribution in [2.24, 2.45) is 0 Å². The zero-order chi connectivity index (χ0) is 9.90. The van der Waals surface area contributed by atoms with Gasteiger partial charge in [0.25, 0.3) is 0 Å². The second kappa shape index (κ2) is 3.49. The van der Waals surface area contributed by atoms with Crippen LogP contribution in [0.4, 0.5) is 5.82 Å². The molecule has 5 nitrogen and oxygen atoms in total. The number of carbonyl (C=O) groups excluding carboxylic acids is 1. The van der Waals surface area contributed by atoms with Gasteiger partial charge in [0.15, 0.2) is 5.82 Å². The van der Waals surface area contributed by atoms with E-state index in [1.54, 1.807) is 13.8 Å². The molecule has 1 aromatic rings. The molecular formula is C8H11N3O2. The molecule has 0 unspecified atom stereocenters. The van der Waals surface area contributed by atoms with Crippen LogP contribution in [-0.4, -0.2) is 21.5 Å². The number of carbonyl (C=O) groups is 1. The molecule has 1 aromatic heterocycles. The van der Waals surface area contributed by atoms with Crippen molar-refractivity contribution in [2.45, 2.75) is 19.4 Å². The molecule has 1 rings (SSSR count). The topological polar surface area (TPSA) is 75.1 Å². The van der Waals surface area contributed by atoms with Gasteiger partial charge in [0, 0.05) is 0 Å². The molecule has 0 aliphatic rings. The molecule has 0 atom stereocenters. The van der Waals surface area contributed by atoms with Crippen LogP contribution >= 0.6 is 0 Å². The molecule has 0 radical (unpaired) electrons. The van der Waals surface area contributed by atoms with Crippen LogP contribution in [0.25, 0.3) is 0 Å². The van der Waals surface area contributed by atoms with E-state index in [9.17, 15) is 9.90 Å². The molecule has 2 N–H and O–H groups in total. The molecule has 1 amide bonds. The molecule has 0 spiro atoms. The smallest absolute Gasteiger partial charge is 0.212 e. The van der Waals surface area contributed by atoms with Crippen molar-refractivity contribution >= 4 is 12.2 Å². The fourth-order valence-corrected chi connectivity index (χ4v) is 0.779. The highest BCUT2D eigenvalue weighted by Crippen LogP contribution is 2.16. The van der Waals surface area contributed by atoms with E-state index in [-0.39, 0.29) is 0 Å². The molecule has 0 aromatic carbocycles. The number of amides is 1. The minimum atomic E-state index is -1.01. The van der Waals surface area contributed by atoms with E-state index in [0.29, 0.717) is 17.9 Å². The molecule has 0 bridgehead atoms. The van der Waals surface area contributed by atoms with Gasteiger partial charge in [-0.05, 0) is 13.8 Å². The van der Waals surface area contributed by atoms with Crippen LogP contribution in [0.3, 0.4) is 0 Å². The first-order chi connectivity index (χ1) is 6.04. The maximum atomic E-state index is 10.0. The maximum Gasteiger partial charge on any atom is 0.212 e. The number of aromatic nitrogens is 2. The first-order valence-electron chi connectivity index (χ1n) is 3.79. The highest BCUT2D eigenvalue weighted by atomic mass is 16.3. The molecule has 0 aliphatic carbocycles. The Morgan fingerprint density at radius 3 is 2.54 bits per heavy atom. The van der Waals surface area contributed by atoms with Crippen molar-refractivity contribution in [2.75, 3.05) is 5.32 Å². The van der Waals surface area contributed by atoms with Gasteiger partial charge in [0.2, 0.25) is 6.41 Å². The summed E-state index contributed by atoms with van der Waals surface area (Å²) in [6.45, 7) is 3.23. The summed E-state index contributed by atoms with van der Waals surface area (Å²) >= 11 is 0. The highest BCUT2D eigenvalue weighted by molar-refractivity contribution is 5.67. The van der Waals surface area contributed by atoms with Gasteiger partial charge in [-0.3, -0.25) is 9.78 Å². The number of hydrogen-bond donors (Lipinski definition) is 2. The lowest BCUT2D eigenvalue weighted by atomic mass is 10.1. The van der Waals surface area contributed by atoms with Crippen molar-refractivity contribution in [1.29, 1.82) is 0 Å². The largest absolute Gasteiger partial charge is 0.384 e. The quantitative estimate of drug-likeness (QED) is 0.656. The minimum absolute atomic E-state index is 0.364. The van der Waals surface area contributed by atoms with Crippen LogP contribution in [0.5, 0.6) is 0 Å². The van der Waals surface area contributed by atoms with Gasteiger partial charge in [-0.15, -0.1) is 0 Å². The van der Waals surface area contributed by atoms with E-state index in [4.69, 9.17) is 0 Å². The summed E-state index contributed by atoms with van der Waals surface area (Å²) in [5.74, 6) is 0.364. The Morgan fingerprint density at radius 1 is 1.46 bits per heavy atom. The van der Waals surface area contributed by atoms with Crippen LogP contribution in [-0.2, 0) is 10.4 Å². The SMILES string of the molecule is CC(C)(O)c1cnc(NC=O)cn1. The van der Waals surface area contributed by atoms with E-state index >= 15 is 0 Å². The van der Waals surface area contributed by atoms with E-state index in [1.807, 2.05) is 0 Å². The first kappa shape index (κ1) is 9.60. The highest BCUT2D eigenvalue weighted by Gasteiger charge is 2.17. The summed E-state index contributed by atoms with van der Waals surface area (Å²) in [4.78, 5) is 17.8. The maximum absolute atomic E-state index is 10.0. The zero-order valence-electron chi connectivity index (χ0n) is 7.48. The van der Waals surface area contributed by atoms with Crippen molar-refractivity contribution in [3.63, 3.8) is 0 Å². The second-order valence-electron chi connectivity index (χ2n) is 3.11. The van der Waals surface area contributed by atoms with Crippen molar-refractivity contribution < 1.29 is 9.90 Å². The third kappa shape index (κ3) is 2.48. The Labute approximate surface area is 75.8 Å². The van der Waals surface area contributed by atoms with Crippen LogP contribution in [0.1, 0.15) is 19.5 Å². The van der Waals surface area contributed by atoms with Crippen molar-refractivity contribution in [3.8, 4) is 0 Å². The first-order valence-corrected chi connectivity index (χ1v) is 3.79. The predicted octanol–water partition coefficient (Wildman–Crippen LogP) is 0.272.